The summed E-state index contributed by atoms with van der Waals surface area (Å²) in [6.45, 7) is 7.71. The highest BCUT2D eigenvalue weighted by Gasteiger charge is 2.28. The van der Waals surface area contributed by atoms with Crippen molar-refractivity contribution in [1.82, 2.24) is 4.72 Å². The van der Waals surface area contributed by atoms with Crippen molar-refractivity contribution in [2.45, 2.75) is 51.0 Å². The zero-order valence-electron chi connectivity index (χ0n) is 12.0. The number of halogens is 1. The van der Waals surface area contributed by atoms with Crippen molar-refractivity contribution in [3.05, 3.63) is 29.3 Å². The molecule has 0 heterocycles. The van der Waals surface area contributed by atoms with Crippen LogP contribution in [0.25, 0.3) is 0 Å². The molecule has 1 atom stereocenters. The van der Waals surface area contributed by atoms with Crippen LogP contribution in [-0.4, -0.2) is 19.8 Å². The van der Waals surface area contributed by atoms with Crippen LogP contribution in [0, 0.1) is 13.8 Å². The molecule has 19 heavy (non-hydrogen) atoms. The second-order valence-electron chi connectivity index (χ2n) is 5.20. The minimum Gasteiger partial charge on any atom is -0.207 e. The van der Waals surface area contributed by atoms with Crippen LogP contribution in [0.15, 0.2) is 23.1 Å². The van der Waals surface area contributed by atoms with Gasteiger partial charge < -0.3 is 0 Å². The maximum Gasteiger partial charge on any atom is 0.241 e. The highest BCUT2D eigenvalue weighted by molar-refractivity contribution is 7.89. The highest BCUT2D eigenvalue weighted by atomic mass is 35.5. The maximum absolute atomic E-state index is 12.4. The van der Waals surface area contributed by atoms with Crippen molar-refractivity contribution >= 4 is 21.6 Å². The first kappa shape index (κ1) is 16.5. The van der Waals surface area contributed by atoms with Crippen LogP contribution in [0.1, 0.15) is 37.8 Å². The molecule has 0 fully saturated rings. The van der Waals surface area contributed by atoms with E-state index in [2.05, 4.69) is 4.72 Å². The third-order valence-electron chi connectivity index (χ3n) is 3.60. The molecular formula is C14H22ClNO2S. The van der Waals surface area contributed by atoms with E-state index in [0.29, 0.717) is 23.6 Å². The Morgan fingerprint density at radius 2 is 1.89 bits per heavy atom. The molecule has 0 aromatic heterocycles. The van der Waals surface area contributed by atoms with Crippen molar-refractivity contribution in [1.29, 1.82) is 0 Å². The second kappa shape index (κ2) is 6.25. The number of sulfonamides is 1. The summed E-state index contributed by atoms with van der Waals surface area (Å²) in [5.74, 6) is 0.430. The molecule has 0 aliphatic carbocycles. The van der Waals surface area contributed by atoms with E-state index in [9.17, 15) is 8.42 Å². The summed E-state index contributed by atoms with van der Waals surface area (Å²) in [5.41, 5.74) is 1.55. The van der Waals surface area contributed by atoms with E-state index in [1.807, 2.05) is 33.8 Å². The van der Waals surface area contributed by atoms with Crippen LogP contribution in [0.4, 0.5) is 0 Å². The Balaban J connectivity index is 3.07. The molecule has 0 saturated heterocycles. The van der Waals surface area contributed by atoms with Crippen molar-refractivity contribution in [3.8, 4) is 0 Å². The van der Waals surface area contributed by atoms with E-state index >= 15 is 0 Å². The molecule has 3 nitrogen and oxygen atoms in total. The fourth-order valence-corrected chi connectivity index (χ4v) is 3.78. The molecular weight excluding hydrogens is 282 g/mol. The molecule has 1 aromatic carbocycles. The number of benzene rings is 1. The zero-order chi connectivity index (χ0) is 14.7. The summed E-state index contributed by atoms with van der Waals surface area (Å²) >= 11 is 5.75. The standard InChI is InChI=1S/C14H22ClNO2S/c1-5-14(4,8-9-15)16-19(17,18)13-7-6-11(2)12(3)10-13/h6-7,10,16H,5,8-9H2,1-4H3. The summed E-state index contributed by atoms with van der Waals surface area (Å²) in [7, 11) is -3.50. The zero-order valence-corrected chi connectivity index (χ0v) is 13.5. The van der Waals surface area contributed by atoms with E-state index in [4.69, 9.17) is 11.6 Å². The van der Waals surface area contributed by atoms with Crippen LogP contribution in [-0.2, 0) is 10.0 Å². The van der Waals surface area contributed by atoms with E-state index in [1.165, 1.54) is 0 Å². The Kier molecular flexibility index (Phi) is 5.42. The van der Waals surface area contributed by atoms with Crippen LogP contribution < -0.4 is 4.72 Å². The van der Waals surface area contributed by atoms with E-state index in [1.54, 1.807) is 12.1 Å². The minimum atomic E-state index is -3.50. The van der Waals surface area contributed by atoms with E-state index in [0.717, 1.165) is 11.1 Å². The van der Waals surface area contributed by atoms with Gasteiger partial charge >= 0.3 is 0 Å². The predicted molar refractivity (Wildman–Crippen MR) is 80.3 cm³/mol. The van der Waals surface area contributed by atoms with Gasteiger partial charge in [-0.2, -0.15) is 0 Å². The van der Waals surface area contributed by atoms with Gasteiger partial charge in [0.05, 0.1) is 4.90 Å². The lowest BCUT2D eigenvalue weighted by Crippen LogP contribution is -2.45. The Labute approximate surface area is 121 Å². The molecule has 0 bridgehead atoms. The van der Waals surface area contributed by atoms with Crippen LogP contribution >= 0.6 is 11.6 Å². The van der Waals surface area contributed by atoms with Gasteiger partial charge in [-0.1, -0.05) is 13.0 Å². The monoisotopic (exact) mass is 303 g/mol. The van der Waals surface area contributed by atoms with Gasteiger partial charge in [0.1, 0.15) is 0 Å². The summed E-state index contributed by atoms with van der Waals surface area (Å²) in [4.78, 5) is 0.310. The van der Waals surface area contributed by atoms with Gasteiger partial charge in [-0.3, -0.25) is 0 Å². The third kappa shape index (κ3) is 4.20. The Morgan fingerprint density at radius 3 is 2.37 bits per heavy atom. The van der Waals surface area contributed by atoms with E-state index in [-0.39, 0.29) is 0 Å². The Bertz CT molecular complexity index is 542. The van der Waals surface area contributed by atoms with Crippen LogP contribution in [0.3, 0.4) is 0 Å². The molecule has 0 saturated carbocycles. The first-order valence-electron chi connectivity index (χ1n) is 6.41. The maximum atomic E-state index is 12.4. The van der Waals surface area contributed by atoms with Crippen LogP contribution in [0.5, 0.6) is 0 Å². The van der Waals surface area contributed by atoms with Gasteiger partial charge in [0, 0.05) is 11.4 Å². The first-order valence-corrected chi connectivity index (χ1v) is 8.43. The topological polar surface area (TPSA) is 46.2 Å². The predicted octanol–water partition coefficient (Wildman–Crippen LogP) is 3.38. The fourth-order valence-electron chi connectivity index (χ4n) is 1.77. The number of hydrogen-bond acceptors (Lipinski definition) is 2. The van der Waals surface area contributed by atoms with Gasteiger partial charge in [0.15, 0.2) is 0 Å². The fraction of sp³-hybridized carbons (Fsp3) is 0.571. The van der Waals surface area contributed by atoms with Gasteiger partial charge in [0.25, 0.3) is 0 Å². The molecule has 1 aromatic rings. The van der Waals surface area contributed by atoms with Crippen molar-refractivity contribution in [2.24, 2.45) is 0 Å². The molecule has 108 valence electrons. The molecule has 1 unspecified atom stereocenters. The second-order valence-corrected chi connectivity index (χ2v) is 7.27. The number of aryl methyl sites for hydroxylation is 2. The Hall–Kier alpha value is -0.580. The van der Waals surface area contributed by atoms with Crippen molar-refractivity contribution in [2.75, 3.05) is 5.88 Å². The molecule has 5 heteroatoms. The molecule has 0 amide bonds. The third-order valence-corrected chi connectivity index (χ3v) is 5.42. The molecule has 0 spiro atoms. The number of nitrogens with one attached hydrogen (secondary N) is 1. The molecule has 1 N–H and O–H groups in total. The van der Waals surface area contributed by atoms with Crippen molar-refractivity contribution < 1.29 is 8.42 Å². The molecule has 1 rings (SSSR count). The summed E-state index contributed by atoms with van der Waals surface area (Å²) in [6.07, 6.45) is 1.30. The number of rotatable bonds is 6. The molecule has 0 aliphatic heterocycles. The SMILES string of the molecule is CCC(C)(CCCl)NS(=O)(=O)c1ccc(C)c(C)c1. The summed E-state index contributed by atoms with van der Waals surface area (Å²) in [6, 6.07) is 5.17. The van der Waals surface area contributed by atoms with Gasteiger partial charge in [-0.25, -0.2) is 13.1 Å². The highest BCUT2D eigenvalue weighted by Crippen LogP contribution is 2.21. The lowest BCUT2D eigenvalue weighted by Gasteiger charge is -2.28. The number of hydrogen-bond donors (Lipinski definition) is 1. The van der Waals surface area contributed by atoms with Crippen molar-refractivity contribution in [3.63, 3.8) is 0 Å². The summed E-state index contributed by atoms with van der Waals surface area (Å²) < 4.78 is 27.6. The van der Waals surface area contributed by atoms with Gasteiger partial charge in [0.2, 0.25) is 10.0 Å². The average Bonchev–Trinajstić information content (AvgIpc) is 2.32. The first-order chi connectivity index (χ1) is 8.74. The molecule has 0 radical (unpaired) electrons. The quantitative estimate of drug-likeness (QED) is 0.819. The Morgan fingerprint density at radius 1 is 1.26 bits per heavy atom. The minimum absolute atomic E-state index is 0.310. The van der Waals surface area contributed by atoms with Gasteiger partial charge in [-0.05, 0) is 56.9 Å². The lowest BCUT2D eigenvalue weighted by molar-refractivity contribution is 0.390. The number of alkyl halides is 1. The van der Waals surface area contributed by atoms with Crippen LogP contribution in [0.2, 0.25) is 0 Å². The normalized spacial score (nSPS) is 15.2. The van der Waals surface area contributed by atoms with Gasteiger partial charge in [-0.15, -0.1) is 11.6 Å². The largest absolute Gasteiger partial charge is 0.241 e. The van der Waals surface area contributed by atoms with E-state index < -0.39 is 15.6 Å². The summed E-state index contributed by atoms with van der Waals surface area (Å²) in [5, 5.41) is 0. The lowest BCUT2D eigenvalue weighted by atomic mass is 9.97. The molecule has 0 aliphatic rings. The smallest absolute Gasteiger partial charge is 0.207 e. The average molecular weight is 304 g/mol.